The average molecular weight is 384 g/mol. The monoisotopic (exact) mass is 383 g/mol. The number of para-hydroxylation sites is 1. The van der Waals surface area contributed by atoms with Crippen molar-refractivity contribution in [2.45, 2.75) is 13.0 Å². The molecule has 26 heavy (non-hydrogen) atoms. The number of fused-ring (bicyclic) bond motifs is 1. The molecular formula is C20H21N3OS2. The Morgan fingerprint density at radius 1 is 1.15 bits per heavy atom. The molecule has 1 aromatic carbocycles. The first-order chi connectivity index (χ1) is 12.7. The molecule has 0 spiro atoms. The molecule has 1 unspecified atom stereocenters. The van der Waals surface area contributed by atoms with Gasteiger partial charge in [-0.3, -0.25) is 9.69 Å². The molecule has 3 aromatic rings. The molecule has 134 valence electrons. The first-order valence-electron chi connectivity index (χ1n) is 8.81. The summed E-state index contributed by atoms with van der Waals surface area (Å²) in [5.41, 5.74) is 1.08. The van der Waals surface area contributed by atoms with E-state index in [0.717, 1.165) is 41.6 Å². The fourth-order valence-electron chi connectivity index (χ4n) is 3.20. The van der Waals surface area contributed by atoms with Gasteiger partial charge in [0.2, 0.25) is 5.91 Å². The van der Waals surface area contributed by atoms with Gasteiger partial charge in [-0.25, -0.2) is 4.98 Å². The molecule has 0 aliphatic carbocycles. The lowest BCUT2D eigenvalue weighted by atomic mass is 10.2. The molecule has 0 saturated carbocycles. The van der Waals surface area contributed by atoms with Crippen LogP contribution in [0.25, 0.3) is 16.3 Å². The highest BCUT2D eigenvalue weighted by Crippen LogP contribution is 2.29. The van der Waals surface area contributed by atoms with Crippen molar-refractivity contribution in [1.82, 2.24) is 14.8 Å². The third kappa shape index (κ3) is 3.72. The van der Waals surface area contributed by atoms with Crippen molar-refractivity contribution in [3.63, 3.8) is 0 Å². The Kier molecular flexibility index (Phi) is 5.15. The van der Waals surface area contributed by atoms with Crippen molar-refractivity contribution in [2.24, 2.45) is 0 Å². The zero-order chi connectivity index (χ0) is 17.9. The van der Waals surface area contributed by atoms with Gasteiger partial charge >= 0.3 is 0 Å². The van der Waals surface area contributed by atoms with Crippen LogP contribution in [-0.4, -0.2) is 46.9 Å². The Morgan fingerprint density at radius 2 is 1.96 bits per heavy atom. The van der Waals surface area contributed by atoms with Crippen LogP contribution in [0, 0.1) is 0 Å². The second-order valence-electron chi connectivity index (χ2n) is 6.41. The Hall–Kier alpha value is -2.02. The molecule has 1 aliphatic heterocycles. The molecule has 1 amide bonds. The fourth-order valence-corrected chi connectivity index (χ4v) is 4.87. The molecule has 4 rings (SSSR count). The van der Waals surface area contributed by atoms with Gasteiger partial charge in [0.05, 0.1) is 16.3 Å². The molecule has 2 aromatic heterocycles. The number of carbonyl (C=O) groups excluding carboxylic acids is 1. The van der Waals surface area contributed by atoms with Gasteiger partial charge in [-0.2, -0.15) is 0 Å². The van der Waals surface area contributed by atoms with Crippen molar-refractivity contribution >= 4 is 44.9 Å². The van der Waals surface area contributed by atoms with Crippen LogP contribution in [0.15, 0.2) is 47.9 Å². The quantitative estimate of drug-likeness (QED) is 0.631. The molecule has 1 fully saturated rings. The summed E-state index contributed by atoms with van der Waals surface area (Å²) < 4.78 is 1.24. The lowest BCUT2D eigenvalue weighted by molar-refractivity contribution is -0.127. The third-order valence-corrected chi connectivity index (χ3v) is 6.82. The van der Waals surface area contributed by atoms with Crippen LogP contribution >= 0.6 is 22.7 Å². The maximum absolute atomic E-state index is 12.4. The lowest BCUT2D eigenvalue weighted by Gasteiger charge is -2.37. The SMILES string of the molecule is CC(c1nc2ccccc2s1)N1CCN(C(=O)C=Cc2cccs2)CC1. The van der Waals surface area contributed by atoms with Crippen LogP contribution in [0.2, 0.25) is 0 Å². The molecule has 4 nitrogen and oxygen atoms in total. The van der Waals surface area contributed by atoms with E-state index in [1.54, 1.807) is 28.7 Å². The molecule has 0 N–H and O–H groups in total. The average Bonchev–Trinajstić information content (AvgIpc) is 3.35. The van der Waals surface area contributed by atoms with Crippen molar-refractivity contribution in [3.8, 4) is 0 Å². The molecule has 1 atom stereocenters. The molecule has 1 saturated heterocycles. The van der Waals surface area contributed by atoms with Gasteiger partial charge in [-0.1, -0.05) is 18.2 Å². The van der Waals surface area contributed by atoms with Gasteiger partial charge in [0.25, 0.3) is 0 Å². The smallest absolute Gasteiger partial charge is 0.246 e. The number of carbonyl (C=O) groups is 1. The summed E-state index contributed by atoms with van der Waals surface area (Å²) in [6.07, 6.45) is 3.60. The number of nitrogens with zero attached hydrogens (tertiary/aromatic N) is 3. The van der Waals surface area contributed by atoms with Gasteiger partial charge in [0.1, 0.15) is 5.01 Å². The Labute approximate surface area is 161 Å². The normalized spacial score (nSPS) is 17.2. The highest BCUT2D eigenvalue weighted by molar-refractivity contribution is 7.18. The van der Waals surface area contributed by atoms with Crippen LogP contribution in [0.1, 0.15) is 22.9 Å². The van der Waals surface area contributed by atoms with Gasteiger partial charge in [-0.05, 0) is 36.6 Å². The van der Waals surface area contributed by atoms with E-state index in [1.165, 1.54) is 4.70 Å². The molecule has 6 heteroatoms. The summed E-state index contributed by atoms with van der Waals surface area (Å²) >= 11 is 3.41. The minimum atomic E-state index is 0.102. The predicted molar refractivity (Wildman–Crippen MR) is 110 cm³/mol. The van der Waals surface area contributed by atoms with Crippen LogP contribution in [0.4, 0.5) is 0 Å². The number of amides is 1. The number of thiazole rings is 1. The molecule has 0 radical (unpaired) electrons. The first-order valence-corrected chi connectivity index (χ1v) is 10.5. The van der Waals surface area contributed by atoms with Crippen LogP contribution < -0.4 is 0 Å². The van der Waals surface area contributed by atoms with Crippen molar-refractivity contribution < 1.29 is 4.79 Å². The highest BCUT2D eigenvalue weighted by atomic mass is 32.1. The van der Waals surface area contributed by atoms with Crippen molar-refractivity contribution in [3.05, 3.63) is 57.7 Å². The van der Waals surface area contributed by atoms with Gasteiger partial charge < -0.3 is 4.90 Å². The number of aromatic nitrogens is 1. The highest BCUT2D eigenvalue weighted by Gasteiger charge is 2.25. The largest absolute Gasteiger partial charge is 0.337 e. The van der Waals surface area contributed by atoms with E-state index in [2.05, 4.69) is 30.0 Å². The van der Waals surface area contributed by atoms with E-state index in [1.807, 2.05) is 34.6 Å². The zero-order valence-electron chi connectivity index (χ0n) is 14.7. The number of hydrogen-bond donors (Lipinski definition) is 0. The van der Waals surface area contributed by atoms with E-state index in [0.29, 0.717) is 0 Å². The van der Waals surface area contributed by atoms with E-state index in [9.17, 15) is 4.79 Å². The second kappa shape index (κ2) is 7.70. The van der Waals surface area contributed by atoms with Crippen LogP contribution in [0.5, 0.6) is 0 Å². The zero-order valence-corrected chi connectivity index (χ0v) is 16.3. The van der Waals surface area contributed by atoms with Gasteiger partial charge in [0.15, 0.2) is 0 Å². The second-order valence-corrected chi connectivity index (χ2v) is 8.45. The fraction of sp³-hybridized carbons (Fsp3) is 0.300. The maximum Gasteiger partial charge on any atom is 0.246 e. The summed E-state index contributed by atoms with van der Waals surface area (Å²) in [5, 5.41) is 3.18. The van der Waals surface area contributed by atoms with Gasteiger partial charge in [0, 0.05) is 37.1 Å². The van der Waals surface area contributed by atoms with E-state index < -0.39 is 0 Å². The Bertz CT molecular complexity index is 875. The molecule has 0 bridgehead atoms. The number of piperazine rings is 1. The summed E-state index contributed by atoms with van der Waals surface area (Å²) in [6, 6.07) is 12.6. The Balaban J connectivity index is 1.36. The summed E-state index contributed by atoms with van der Waals surface area (Å²) in [6.45, 7) is 5.52. The standard InChI is InChI=1S/C20H21N3OS2/c1-15(20-21-17-6-2-3-7-18(17)26-20)22-10-12-23(13-11-22)19(24)9-8-16-5-4-14-25-16/h2-9,14-15H,10-13H2,1H3. The van der Waals surface area contributed by atoms with Gasteiger partial charge in [-0.15, -0.1) is 22.7 Å². The lowest BCUT2D eigenvalue weighted by Crippen LogP contribution is -2.48. The number of thiophene rings is 1. The van der Waals surface area contributed by atoms with Crippen molar-refractivity contribution in [1.29, 1.82) is 0 Å². The van der Waals surface area contributed by atoms with E-state index in [4.69, 9.17) is 4.98 Å². The number of rotatable bonds is 4. The predicted octanol–water partition coefficient (Wildman–Crippen LogP) is 4.28. The molecular weight excluding hydrogens is 362 g/mol. The maximum atomic E-state index is 12.4. The van der Waals surface area contributed by atoms with Crippen molar-refractivity contribution in [2.75, 3.05) is 26.2 Å². The van der Waals surface area contributed by atoms with E-state index in [-0.39, 0.29) is 11.9 Å². The van der Waals surface area contributed by atoms with Crippen LogP contribution in [0.3, 0.4) is 0 Å². The Morgan fingerprint density at radius 3 is 2.69 bits per heavy atom. The summed E-state index contributed by atoms with van der Waals surface area (Å²) in [4.78, 5) is 22.6. The minimum Gasteiger partial charge on any atom is -0.337 e. The summed E-state index contributed by atoms with van der Waals surface area (Å²) in [5.74, 6) is 0.102. The number of hydrogen-bond acceptors (Lipinski definition) is 5. The molecule has 3 heterocycles. The summed E-state index contributed by atoms with van der Waals surface area (Å²) in [7, 11) is 0. The number of benzene rings is 1. The minimum absolute atomic E-state index is 0.102. The van der Waals surface area contributed by atoms with Crippen LogP contribution in [-0.2, 0) is 4.79 Å². The molecule has 1 aliphatic rings. The first kappa shape index (κ1) is 17.4. The topological polar surface area (TPSA) is 36.4 Å². The van der Waals surface area contributed by atoms with E-state index >= 15 is 0 Å². The third-order valence-electron chi connectivity index (χ3n) is 4.77.